The Labute approximate surface area is 81.5 Å². The van der Waals surface area contributed by atoms with Crippen LogP contribution in [0.3, 0.4) is 0 Å². The lowest BCUT2D eigenvalue weighted by Gasteiger charge is -2.02. The number of nitrogens with zero attached hydrogens (tertiary/aromatic N) is 3. The molecule has 0 unspecified atom stereocenters. The van der Waals surface area contributed by atoms with Gasteiger partial charge in [0.1, 0.15) is 12.4 Å². The van der Waals surface area contributed by atoms with Gasteiger partial charge < -0.3 is 9.67 Å². The Morgan fingerprint density at radius 3 is 2.86 bits per heavy atom. The van der Waals surface area contributed by atoms with Gasteiger partial charge in [-0.3, -0.25) is 0 Å². The fraction of sp³-hybridized carbons (Fsp3) is 0.714. The number of sulfone groups is 1. The SMILES string of the molecule is O=S1(=O)CCc2nnc(CO)n2CC1. The second-order valence-corrected chi connectivity index (χ2v) is 5.55. The molecule has 1 aromatic rings. The molecular formula is C7H11N3O3S. The van der Waals surface area contributed by atoms with Crippen LogP contribution in [0.25, 0.3) is 0 Å². The van der Waals surface area contributed by atoms with Crippen molar-refractivity contribution in [2.24, 2.45) is 0 Å². The Bertz CT molecular complexity index is 437. The Kier molecular flexibility index (Phi) is 2.28. The molecule has 0 aliphatic carbocycles. The molecule has 1 aliphatic rings. The highest BCUT2D eigenvalue weighted by atomic mass is 32.2. The molecule has 0 bridgehead atoms. The number of aryl methyl sites for hydroxylation is 1. The second kappa shape index (κ2) is 3.32. The van der Waals surface area contributed by atoms with E-state index in [1.807, 2.05) is 0 Å². The van der Waals surface area contributed by atoms with Gasteiger partial charge in [-0.2, -0.15) is 0 Å². The fourth-order valence-corrected chi connectivity index (χ4v) is 2.67. The summed E-state index contributed by atoms with van der Waals surface area (Å²) in [6.07, 6.45) is 0.384. The van der Waals surface area contributed by atoms with Gasteiger partial charge in [-0.05, 0) is 0 Å². The number of aliphatic hydroxyl groups is 1. The standard InChI is InChI=1S/C7H11N3O3S/c11-5-7-9-8-6-1-3-14(12,13)4-2-10(6)7/h11H,1-5H2. The molecule has 0 aromatic carbocycles. The Morgan fingerprint density at radius 2 is 2.14 bits per heavy atom. The average Bonchev–Trinajstić information content (AvgIpc) is 2.47. The molecule has 2 heterocycles. The largest absolute Gasteiger partial charge is 0.388 e. The summed E-state index contributed by atoms with van der Waals surface area (Å²) in [4.78, 5) is 0. The minimum atomic E-state index is -2.95. The minimum Gasteiger partial charge on any atom is -0.388 e. The van der Waals surface area contributed by atoms with E-state index in [4.69, 9.17) is 5.11 Å². The van der Waals surface area contributed by atoms with Gasteiger partial charge in [-0.15, -0.1) is 10.2 Å². The van der Waals surface area contributed by atoms with Crippen molar-refractivity contribution in [1.82, 2.24) is 14.8 Å². The Balaban J connectivity index is 2.35. The van der Waals surface area contributed by atoms with Gasteiger partial charge >= 0.3 is 0 Å². The van der Waals surface area contributed by atoms with E-state index in [0.717, 1.165) is 0 Å². The Hall–Kier alpha value is -0.950. The van der Waals surface area contributed by atoms with Gasteiger partial charge in [0, 0.05) is 13.0 Å². The van der Waals surface area contributed by atoms with Gasteiger partial charge in [0.15, 0.2) is 15.7 Å². The third-order valence-electron chi connectivity index (χ3n) is 2.31. The van der Waals surface area contributed by atoms with Crippen molar-refractivity contribution >= 4 is 9.84 Å². The molecular weight excluding hydrogens is 206 g/mol. The van der Waals surface area contributed by atoms with Crippen LogP contribution in [0.2, 0.25) is 0 Å². The van der Waals surface area contributed by atoms with Crippen LogP contribution in [0.1, 0.15) is 11.6 Å². The lowest BCUT2D eigenvalue weighted by Crippen LogP contribution is -2.13. The zero-order chi connectivity index (χ0) is 10.2. The molecule has 2 rings (SSSR count). The van der Waals surface area contributed by atoms with Gasteiger partial charge in [-0.25, -0.2) is 8.42 Å². The number of rotatable bonds is 1. The van der Waals surface area contributed by atoms with E-state index in [1.54, 1.807) is 4.57 Å². The average molecular weight is 217 g/mol. The van der Waals surface area contributed by atoms with Gasteiger partial charge in [0.2, 0.25) is 0 Å². The number of fused-ring (bicyclic) bond motifs is 1. The van der Waals surface area contributed by atoms with Crippen LogP contribution in [0.15, 0.2) is 0 Å². The molecule has 0 spiro atoms. The van der Waals surface area contributed by atoms with E-state index < -0.39 is 9.84 Å². The molecule has 1 N–H and O–H groups in total. The summed E-state index contributed by atoms with van der Waals surface area (Å²) in [7, 11) is -2.95. The van der Waals surface area contributed by atoms with E-state index >= 15 is 0 Å². The molecule has 1 aromatic heterocycles. The summed E-state index contributed by atoms with van der Waals surface area (Å²) >= 11 is 0. The molecule has 7 heteroatoms. The summed E-state index contributed by atoms with van der Waals surface area (Å²) in [5.41, 5.74) is 0. The molecule has 1 aliphatic heterocycles. The second-order valence-electron chi connectivity index (χ2n) is 3.24. The molecule has 0 saturated heterocycles. The zero-order valence-corrected chi connectivity index (χ0v) is 8.37. The van der Waals surface area contributed by atoms with Crippen molar-refractivity contribution in [3.8, 4) is 0 Å². The zero-order valence-electron chi connectivity index (χ0n) is 7.55. The molecule has 6 nitrogen and oxygen atoms in total. The first kappa shape index (κ1) is 9.60. The highest BCUT2D eigenvalue weighted by molar-refractivity contribution is 7.91. The van der Waals surface area contributed by atoms with Crippen molar-refractivity contribution < 1.29 is 13.5 Å². The van der Waals surface area contributed by atoms with Crippen molar-refractivity contribution in [3.63, 3.8) is 0 Å². The predicted molar refractivity (Wildman–Crippen MR) is 48.3 cm³/mol. The van der Waals surface area contributed by atoms with Crippen molar-refractivity contribution in [2.45, 2.75) is 19.6 Å². The summed E-state index contributed by atoms with van der Waals surface area (Å²) in [5, 5.41) is 16.5. The quantitative estimate of drug-likeness (QED) is 0.634. The smallest absolute Gasteiger partial charge is 0.158 e. The third kappa shape index (κ3) is 1.64. The lowest BCUT2D eigenvalue weighted by atomic mass is 10.4. The van der Waals surface area contributed by atoms with E-state index in [-0.39, 0.29) is 18.1 Å². The first-order chi connectivity index (χ1) is 6.62. The van der Waals surface area contributed by atoms with Crippen LogP contribution >= 0.6 is 0 Å². The van der Waals surface area contributed by atoms with Crippen LogP contribution in [0.5, 0.6) is 0 Å². The summed E-state index contributed by atoms with van der Waals surface area (Å²) in [6, 6.07) is 0. The van der Waals surface area contributed by atoms with E-state index in [9.17, 15) is 8.42 Å². The highest BCUT2D eigenvalue weighted by Gasteiger charge is 2.21. The van der Waals surface area contributed by atoms with Gasteiger partial charge in [-0.1, -0.05) is 0 Å². The topological polar surface area (TPSA) is 85.1 Å². The van der Waals surface area contributed by atoms with Crippen molar-refractivity contribution in [3.05, 3.63) is 11.6 Å². The molecule has 0 amide bonds. The van der Waals surface area contributed by atoms with Crippen LogP contribution in [0.4, 0.5) is 0 Å². The first-order valence-corrected chi connectivity index (χ1v) is 6.17. The maximum atomic E-state index is 11.3. The normalized spacial score (nSPS) is 20.1. The van der Waals surface area contributed by atoms with E-state index in [0.29, 0.717) is 24.6 Å². The number of aromatic nitrogens is 3. The maximum absolute atomic E-state index is 11.3. The molecule has 0 saturated carbocycles. The number of hydrogen-bond acceptors (Lipinski definition) is 5. The molecule has 0 fully saturated rings. The summed E-state index contributed by atoms with van der Waals surface area (Å²) in [6.45, 7) is 0.146. The van der Waals surface area contributed by atoms with Crippen LogP contribution in [0, 0.1) is 0 Å². The third-order valence-corrected chi connectivity index (χ3v) is 3.94. The highest BCUT2D eigenvalue weighted by Crippen LogP contribution is 2.10. The summed E-state index contributed by atoms with van der Waals surface area (Å²) in [5.74, 6) is 1.31. The fourth-order valence-electron chi connectivity index (χ4n) is 1.51. The Morgan fingerprint density at radius 1 is 1.36 bits per heavy atom. The molecule has 78 valence electrons. The predicted octanol–water partition coefficient (Wildman–Crippen LogP) is -1.26. The van der Waals surface area contributed by atoms with Crippen LogP contribution < -0.4 is 0 Å². The molecule has 0 atom stereocenters. The van der Waals surface area contributed by atoms with Crippen LogP contribution in [-0.2, 0) is 29.4 Å². The minimum absolute atomic E-state index is 0.102. The van der Waals surface area contributed by atoms with Gasteiger partial charge in [0.25, 0.3) is 0 Å². The monoisotopic (exact) mass is 217 g/mol. The van der Waals surface area contributed by atoms with E-state index in [2.05, 4.69) is 10.2 Å². The van der Waals surface area contributed by atoms with E-state index in [1.165, 1.54) is 0 Å². The summed E-state index contributed by atoms with van der Waals surface area (Å²) < 4.78 is 24.3. The van der Waals surface area contributed by atoms with Crippen molar-refractivity contribution in [1.29, 1.82) is 0 Å². The maximum Gasteiger partial charge on any atom is 0.158 e. The molecule has 0 radical (unpaired) electrons. The lowest BCUT2D eigenvalue weighted by molar-refractivity contribution is 0.265. The van der Waals surface area contributed by atoms with Crippen molar-refractivity contribution in [2.75, 3.05) is 11.5 Å². The first-order valence-electron chi connectivity index (χ1n) is 4.34. The number of hydrogen-bond donors (Lipinski definition) is 1. The van der Waals surface area contributed by atoms with Gasteiger partial charge in [0.05, 0.1) is 11.5 Å². The van der Waals surface area contributed by atoms with Crippen LogP contribution in [-0.4, -0.2) is 39.8 Å². The number of aliphatic hydroxyl groups excluding tert-OH is 1. The molecule has 14 heavy (non-hydrogen) atoms.